The summed E-state index contributed by atoms with van der Waals surface area (Å²) < 4.78 is 0. The maximum atomic E-state index is 12.3. The van der Waals surface area contributed by atoms with Crippen LogP contribution < -0.4 is 5.32 Å². The van der Waals surface area contributed by atoms with Crippen LogP contribution in [0.2, 0.25) is 0 Å². The monoisotopic (exact) mass is 644 g/mol. The zero-order chi connectivity index (χ0) is 33.6. The van der Waals surface area contributed by atoms with Gasteiger partial charge < -0.3 is 15.5 Å². The molecule has 1 amide bonds. The van der Waals surface area contributed by atoms with Crippen LogP contribution in [0.4, 0.5) is 0 Å². The molecule has 0 aromatic rings. The Bertz CT molecular complexity index is 741. The average molecular weight is 644 g/mol. The Hall–Kier alpha value is -1.65. The standard InChI is InChI=1S/C42H77NO3/c1-3-5-7-9-11-13-15-17-19-21-22-24-26-28-30-32-34-36-38-42(46)43-40(39-44)41(45)37-35-33-31-29-27-25-23-20-18-16-14-12-10-8-6-4-2/h13,15,19,21,27,29,35,37,40-41,44-45H,3-12,14,16-18,20,22-26,28,30-34,36,38-39H2,1-2H3,(H,43,46)/b15-13-,21-19-,29-27+,37-35+. The molecule has 0 saturated heterocycles. The zero-order valence-electron chi connectivity index (χ0n) is 30.6. The second-order valence-electron chi connectivity index (χ2n) is 13.3. The summed E-state index contributed by atoms with van der Waals surface area (Å²) in [6, 6.07) is -0.642. The number of hydrogen-bond donors (Lipinski definition) is 3. The van der Waals surface area contributed by atoms with Gasteiger partial charge in [0.1, 0.15) is 0 Å². The summed E-state index contributed by atoms with van der Waals surface area (Å²) in [6.45, 7) is 4.27. The van der Waals surface area contributed by atoms with Gasteiger partial charge in [-0.2, -0.15) is 0 Å². The molecule has 4 heteroatoms. The van der Waals surface area contributed by atoms with Crippen molar-refractivity contribution in [1.82, 2.24) is 5.32 Å². The highest BCUT2D eigenvalue weighted by Crippen LogP contribution is 2.13. The SMILES string of the molecule is CCCCCC/C=C\C/C=C\CCCCCCCCCC(=O)NC(CO)C(O)/C=C/CC/C=C/CCCCCCCCCCCC. The fourth-order valence-electron chi connectivity index (χ4n) is 5.69. The molecule has 0 aromatic heterocycles. The second kappa shape index (κ2) is 37.8. The van der Waals surface area contributed by atoms with E-state index in [2.05, 4.69) is 55.6 Å². The Morgan fingerprint density at radius 2 is 0.913 bits per heavy atom. The third kappa shape index (κ3) is 33.7. The van der Waals surface area contributed by atoms with Gasteiger partial charge in [0.2, 0.25) is 5.91 Å². The fraction of sp³-hybridized carbons (Fsp3) is 0.786. The molecular weight excluding hydrogens is 566 g/mol. The largest absolute Gasteiger partial charge is 0.394 e. The van der Waals surface area contributed by atoms with E-state index in [1.165, 1.54) is 128 Å². The van der Waals surface area contributed by atoms with Crippen molar-refractivity contribution in [2.24, 2.45) is 0 Å². The van der Waals surface area contributed by atoms with Crippen LogP contribution >= 0.6 is 0 Å². The van der Waals surface area contributed by atoms with Gasteiger partial charge in [0.15, 0.2) is 0 Å². The molecule has 4 nitrogen and oxygen atoms in total. The van der Waals surface area contributed by atoms with Crippen LogP contribution in [0.3, 0.4) is 0 Å². The maximum Gasteiger partial charge on any atom is 0.220 e. The summed E-state index contributed by atoms with van der Waals surface area (Å²) in [5.41, 5.74) is 0. The number of aliphatic hydroxyl groups is 2. The van der Waals surface area contributed by atoms with Crippen molar-refractivity contribution in [2.75, 3.05) is 6.61 Å². The third-order valence-electron chi connectivity index (χ3n) is 8.78. The topological polar surface area (TPSA) is 69.6 Å². The smallest absolute Gasteiger partial charge is 0.220 e. The van der Waals surface area contributed by atoms with Crippen molar-refractivity contribution in [1.29, 1.82) is 0 Å². The molecule has 3 N–H and O–H groups in total. The Morgan fingerprint density at radius 3 is 1.41 bits per heavy atom. The van der Waals surface area contributed by atoms with Gasteiger partial charge in [-0.05, 0) is 64.2 Å². The van der Waals surface area contributed by atoms with E-state index in [0.717, 1.165) is 44.9 Å². The molecule has 0 fully saturated rings. The van der Waals surface area contributed by atoms with E-state index in [4.69, 9.17) is 0 Å². The van der Waals surface area contributed by atoms with E-state index >= 15 is 0 Å². The highest BCUT2D eigenvalue weighted by atomic mass is 16.3. The molecule has 0 radical (unpaired) electrons. The quantitative estimate of drug-likeness (QED) is 0.0475. The van der Waals surface area contributed by atoms with Crippen LogP contribution in [0.25, 0.3) is 0 Å². The minimum atomic E-state index is -0.865. The van der Waals surface area contributed by atoms with Crippen LogP contribution in [0.15, 0.2) is 48.6 Å². The summed E-state index contributed by atoms with van der Waals surface area (Å²) in [6.07, 6.45) is 50.6. The lowest BCUT2D eigenvalue weighted by atomic mass is 10.1. The molecule has 0 rings (SSSR count). The number of nitrogens with one attached hydrogen (secondary N) is 1. The van der Waals surface area contributed by atoms with Crippen molar-refractivity contribution in [2.45, 2.75) is 206 Å². The number of unbranched alkanes of at least 4 members (excludes halogenated alkanes) is 22. The van der Waals surface area contributed by atoms with Crippen molar-refractivity contribution < 1.29 is 15.0 Å². The average Bonchev–Trinajstić information content (AvgIpc) is 3.06. The minimum Gasteiger partial charge on any atom is -0.394 e. The van der Waals surface area contributed by atoms with Gasteiger partial charge in [0.05, 0.1) is 18.8 Å². The molecule has 46 heavy (non-hydrogen) atoms. The van der Waals surface area contributed by atoms with E-state index in [1.807, 2.05) is 6.08 Å². The van der Waals surface area contributed by atoms with E-state index in [0.29, 0.717) is 6.42 Å². The van der Waals surface area contributed by atoms with Crippen molar-refractivity contribution >= 4 is 5.91 Å². The number of carbonyl (C=O) groups excluding carboxylic acids is 1. The van der Waals surface area contributed by atoms with Crippen molar-refractivity contribution in [3.8, 4) is 0 Å². The van der Waals surface area contributed by atoms with Crippen molar-refractivity contribution in [3.63, 3.8) is 0 Å². The van der Waals surface area contributed by atoms with Gasteiger partial charge >= 0.3 is 0 Å². The predicted octanol–water partition coefficient (Wildman–Crippen LogP) is 12.0. The highest BCUT2D eigenvalue weighted by Gasteiger charge is 2.17. The van der Waals surface area contributed by atoms with E-state index in [9.17, 15) is 15.0 Å². The Balaban J connectivity index is 3.68. The van der Waals surface area contributed by atoms with Crippen LogP contribution in [0, 0.1) is 0 Å². The normalized spacial score (nSPS) is 13.6. The van der Waals surface area contributed by atoms with Crippen LogP contribution in [0.1, 0.15) is 194 Å². The zero-order valence-corrected chi connectivity index (χ0v) is 30.6. The second-order valence-corrected chi connectivity index (χ2v) is 13.3. The predicted molar refractivity (Wildman–Crippen MR) is 202 cm³/mol. The molecule has 0 aromatic carbocycles. The lowest BCUT2D eigenvalue weighted by molar-refractivity contribution is -0.123. The summed E-state index contributed by atoms with van der Waals surface area (Å²) >= 11 is 0. The first-order chi connectivity index (χ1) is 22.7. The van der Waals surface area contributed by atoms with Gasteiger partial charge in [-0.15, -0.1) is 0 Å². The first-order valence-electron chi connectivity index (χ1n) is 19.9. The van der Waals surface area contributed by atoms with Gasteiger partial charge in [-0.1, -0.05) is 172 Å². The first-order valence-corrected chi connectivity index (χ1v) is 19.9. The highest BCUT2D eigenvalue weighted by molar-refractivity contribution is 5.76. The Morgan fingerprint density at radius 1 is 0.522 bits per heavy atom. The minimum absolute atomic E-state index is 0.0838. The Labute approximate surface area is 286 Å². The number of carbonyl (C=O) groups is 1. The maximum absolute atomic E-state index is 12.3. The van der Waals surface area contributed by atoms with Crippen molar-refractivity contribution in [3.05, 3.63) is 48.6 Å². The molecular formula is C42H77NO3. The molecule has 0 heterocycles. The van der Waals surface area contributed by atoms with Gasteiger partial charge in [0, 0.05) is 6.42 Å². The molecule has 268 valence electrons. The lowest BCUT2D eigenvalue weighted by Gasteiger charge is -2.19. The molecule has 0 aliphatic rings. The number of rotatable bonds is 35. The lowest BCUT2D eigenvalue weighted by Crippen LogP contribution is -2.45. The molecule has 2 atom stereocenters. The van der Waals surface area contributed by atoms with E-state index in [-0.39, 0.29) is 12.5 Å². The fourth-order valence-corrected chi connectivity index (χ4v) is 5.69. The van der Waals surface area contributed by atoms with Gasteiger partial charge in [0.25, 0.3) is 0 Å². The van der Waals surface area contributed by atoms with Gasteiger partial charge in [-0.3, -0.25) is 4.79 Å². The van der Waals surface area contributed by atoms with Crippen LogP contribution in [-0.4, -0.2) is 34.9 Å². The molecule has 0 spiro atoms. The summed E-state index contributed by atoms with van der Waals surface area (Å²) in [5.74, 6) is -0.0838. The molecule has 0 bridgehead atoms. The number of allylic oxidation sites excluding steroid dienone is 7. The number of hydrogen-bond acceptors (Lipinski definition) is 3. The molecule has 0 aliphatic heterocycles. The molecule has 0 aliphatic carbocycles. The van der Waals surface area contributed by atoms with E-state index < -0.39 is 12.1 Å². The summed E-state index contributed by atoms with van der Waals surface area (Å²) in [7, 11) is 0. The number of aliphatic hydroxyl groups excluding tert-OH is 2. The van der Waals surface area contributed by atoms with Crippen LogP contribution in [0.5, 0.6) is 0 Å². The van der Waals surface area contributed by atoms with Crippen LogP contribution in [-0.2, 0) is 4.79 Å². The Kier molecular flexibility index (Phi) is 36.4. The first kappa shape index (κ1) is 44.4. The third-order valence-corrected chi connectivity index (χ3v) is 8.78. The molecule has 2 unspecified atom stereocenters. The van der Waals surface area contributed by atoms with E-state index in [1.54, 1.807) is 6.08 Å². The molecule has 0 saturated carbocycles. The number of amides is 1. The summed E-state index contributed by atoms with van der Waals surface area (Å²) in [4.78, 5) is 12.3. The summed E-state index contributed by atoms with van der Waals surface area (Å²) in [5, 5.41) is 22.9. The van der Waals surface area contributed by atoms with Gasteiger partial charge in [-0.25, -0.2) is 0 Å².